The highest BCUT2D eigenvalue weighted by Gasteiger charge is 2.35. The van der Waals surface area contributed by atoms with Gasteiger partial charge in [0.15, 0.2) is 0 Å². The molecule has 0 bridgehead atoms. The topological polar surface area (TPSA) is 77.4 Å². The van der Waals surface area contributed by atoms with Gasteiger partial charge in [-0.2, -0.15) is 4.98 Å². The van der Waals surface area contributed by atoms with Crippen molar-refractivity contribution in [3.8, 4) is 0 Å². The quantitative estimate of drug-likeness (QED) is 0.886. The van der Waals surface area contributed by atoms with Crippen LogP contribution >= 0.6 is 0 Å². The molecule has 3 atom stereocenters. The van der Waals surface area contributed by atoms with Gasteiger partial charge in [-0.05, 0) is 25.8 Å². The van der Waals surface area contributed by atoms with Crippen molar-refractivity contribution >= 4 is 0 Å². The Morgan fingerprint density at radius 1 is 1.50 bits per heavy atom. The first kappa shape index (κ1) is 14.0. The van der Waals surface area contributed by atoms with Gasteiger partial charge in [0.05, 0.1) is 12.6 Å². The molecule has 2 fully saturated rings. The number of nitrogens with zero attached hydrogens (tertiary/aromatic N) is 3. The number of hydrogen-bond donors (Lipinski definition) is 1. The summed E-state index contributed by atoms with van der Waals surface area (Å²) in [6.07, 6.45) is 5.52. The first-order chi connectivity index (χ1) is 9.78. The van der Waals surface area contributed by atoms with Gasteiger partial charge in [-0.25, -0.2) is 0 Å². The minimum absolute atomic E-state index is 0.0692. The molecule has 0 spiro atoms. The average molecular weight is 280 g/mol. The summed E-state index contributed by atoms with van der Waals surface area (Å²) >= 11 is 0. The van der Waals surface area contributed by atoms with Crippen LogP contribution in [-0.4, -0.2) is 40.8 Å². The second-order valence-corrected chi connectivity index (χ2v) is 5.85. The third-order valence-corrected chi connectivity index (χ3v) is 4.32. The predicted octanol–water partition coefficient (Wildman–Crippen LogP) is 1.80. The fourth-order valence-electron chi connectivity index (χ4n) is 3.05. The summed E-state index contributed by atoms with van der Waals surface area (Å²) in [5, 5.41) is 4.07. The lowest BCUT2D eigenvalue weighted by molar-refractivity contribution is -0.0548. The number of hydrogen-bond acceptors (Lipinski definition) is 6. The summed E-state index contributed by atoms with van der Waals surface area (Å²) in [6.45, 7) is 4.95. The van der Waals surface area contributed by atoms with Crippen molar-refractivity contribution < 1.29 is 9.26 Å². The van der Waals surface area contributed by atoms with E-state index in [1.165, 1.54) is 12.8 Å². The molecule has 3 rings (SSSR count). The zero-order valence-electron chi connectivity index (χ0n) is 12.1. The molecule has 2 N–H and O–H groups in total. The number of rotatable bonds is 5. The van der Waals surface area contributed by atoms with Gasteiger partial charge in [-0.15, -0.1) is 0 Å². The van der Waals surface area contributed by atoms with Crippen LogP contribution in [0.5, 0.6) is 0 Å². The van der Waals surface area contributed by atoms with Gasteiger partial charge in [0.1, 0.15) is 6.10 Å². The second kappa shape index (κ2) is 6.20. The maximum Gasteiger partial charge on any atom is 0.243 e. The van der Waals surface area contributed by atoms with Gasteiger partial charge in [0, 0.05) is 12.6 Å². The lowest BCUT2D eigenvalue weighted by Gasteiger charge is -2.33. The van der Waals surface area contributed by atoms with Crippen LogP contribution in [0.15, 0.2) is 4.52 Å². The van der Waals surface area contributed by atoms with E-state index in [4.69, 9.17) is 15.0 Å². The fourth-order valence-corrected chi connectivity index (χ4v) is 3.05. The monoisotopic (exact) mass is 280 g/mol. The van der Waals surface area contributed by atoms with Gasteiger partial charge in [0.2, 0.25) is 11.7 Å². The smallest absolute Gasteiger partial charge is 0.243 e. The normalized spacial score (nSPS) is 28.5. The summed E-state index contributed by atoms with van der Waals surface area (Å²) < 4.78 is 11.2. The molecule has 0 amide bonds. The Balaban J connectivity index is 1.61. The Kier molecular flexibility index (Phi) is 4.33. The summed E-state index contributed by atoms with van der Waals surface area (Å²) in [7, 11) is 0. The Hall–Kier alpha value is -0.980. The van der Waals surface area contributed by atoms with E-state index in [0.29, 0.717) is 17.8 Å². The third kappa shape index (κ3) is 2.87. The Bertz CT molecular complexity index is 437. The molecule has 2 aliphatic rings. The molecule has 6 heteroatoms. The largest absolute Gasteiger partial charge is 0.367 e. The maximum absolute atomic E-state index is 6.06. The Morgan fingerprint density at radius 3 is 3.25 bits per heavy atom. The molecule has 0 aliphatic carbocycles. The molecule has 2 saturated heterocycles. The average Bonchev–Trinajstić information content (AvgIpc) is 3.12. The van der Waals surface area contributed by atoms with Crippen LogP contribution in [0.1, 0.15) is 62.9 Å². The van der Waals surface area contributed by atoms with Crippen molar-refractivity contribution in [1.82, 2.24) is 15.0 Å². The van der Waals surface area contributed by atoms with E-state index in [1.54, 1.807) is 0 Å². The highest BCUT2D eigenvalue weighted by atomic mass is 16.5. The van der Waals surface area contributed by atoms with Crippen LogP contribution in [0.3, 0.4) is 0 Å². The number of morpholine rings is 1. The van der Waals surface area contributed by atoms with Gasteiger partial charge < -0.3 is 15.0 Å². The molecule has 0 saturated carbocycles. The first-order valence-electron chi connectivity index (χ1n) is 7.72. The van der Waals surface area contributed by atoms with Gasteiger partial charge in [-0.3, -0.25) is 4.90 Å². The third-order valence-electron chi connectivity index (χ3n) is 4.32. The molecular weight excluding hydrogens is 256 g/mol. The minimum Gasteiger partial charge on any atom is -0.367 e. The molecule has 6 nitrogen and oxygen atoms in total. The van der Waals surface area contributed by atoms with Crippen molar-refractivity contribution in [3.05, 3.63) is 11.7 Å². The summed E-state index contributed by atoms with van der Waals surface area (Å²) in [4.78, 5) is 6.92. The molecule has 2 aliphatic heterocycles. The molecule has 2 unspecified atom stereocenters. The van der Waals surface area contributed by atoms with Crippen molar-refractivity contribution in [3.63, 3.8) is 0 Å². The van der Waals surface area contributed by atoms with E-state index in [0.717, 1.165) is 39.0 Å². The van der Waals surface area contributed by atoms with Crippen LogP contribution < -0.4 is 5.73 Å². The lowest BCUT2D eigenvalue weighted by atomic mass is 10.1. The minimum atomic E-state index is -0.153. The van der Waals surface area contributed by atoms with E-state index in [2.05, 4.69) is 22.0 Å². The molecule has 0 aromatic carbocycles. The van der Waals surface area contributed by atoms with E-state index in [-0.39, 0.29) is 12.1 Å². The van der Waals surface area contributed by atoms with E-state index < -0.39 is 0 Å². The molecule has 20 heavy (non-hydrogen) atoms. The fraction of sp³-hybridized carbons (Fsp3) is 0.857. The second-order valence-electron chi connectivity index (χ2n) is 5.85. The maximum atomic E-state index is 6.06. The molecular formula is C14H24N4O2. The summed E-state index contributed by atoms with van der Waals surface area (Å²) in [6, 6.07) is 0.434. The van der Waals surface area contributed by atoms with E-state index in [9.17, 15) is 0 Å². The van der Waals surface area contributed by atoms with E-state index >= 15 is 0 Å². The van der Waals surface area contributed by atoms with Crippen LogP contribution in [0.2, 0.25) is 0 Å². The molecule has 112 valence electrons. The first-order valence-corrected chi connectivity index (χ1v) is 7.72. The number of nitrogens with two attached hydrogens (primary N) is 1. The van der Waals surface area contributed by atoms with Crippen molar-refractivity contribution in [2.45, 2.75) is 57.2 Å². The molecule has 1 aromatic rings. The highest BCUT2D eigenvalue weighted by Crippen LogP contribution is 2.29. The predicted molar refractivity (Wildman–Crippen MR) is 74.0 cm³/mol. The van der Waals surface area contributed by atoms with Crippen molar-refractivity contribution in [1.29, 1.82) is 0 Å². The molecule has 3 heterocycles. The highest BCUT2D eigenvalue weighted by molar-refractivity contribution is 4.99. The number of fused-ring (bicyclic) bond motifs is 1. The Labute approximate surface area is 119 Å². The van der Waals surface area contributed by atoms with Gasteiger partial charge in [0.25, 0.3) is 0 Å². The number of aromatic nitrogens is 2. The van der Waals surface area contributed by atoms with Crippen molar-refractivity contribution in [2.24, 2.45) is 5.73 Å². The number of unbranched alkanes of at least 4 members (excludes halogenated alkanes) is 1. The summed E-state index contributed by atoms with van der Waals surface area (Å²) in [5.41, 5.74) is 6.06. The van der Waals surface area contributed by atoms with Gasteiger partial charge in [-0.1, -0.05) is 24.9 Å². The number of ether oxygens (including phenoxy) is 1. The van der Waals surface area contributed by atoms with E-state index in [1.807, 2.05) is 0 Å². The lowest BCUT2D eigenvalue weighted by Crippen LogP contribution is -2.42. The van der Waals surface area contributed by atoms with Gasteiger partial charge >= 0.3 is 0 Å². The SMILES string of the molecule is CCCC[C@H](N)c1nc(C2CN3CCCC3CO2)no1. The zero-order valence-corrected chi connectivity index (χ0v) is 12.1. The van der Waals surface area contributed by atoms with Crippen LogP contribution in [-0.2, 0) is 4.74 Å². The zero-order chi connectivity index (χ0) is 13.9. The van der Waals surface area contributed by atoms with Crippen LogP contribution in [0, 0.1) is 0 Å². The van der Waals surface area contributed by atoms with Crippen LogP contribution in [0.25, 0.3) is 0 Å². The Morgan fingerprint density at radius 2 is 2.40 bits per heavy atom. The molecule has 1 aromatic heterocycles. The molecule has 0 radical (unpaired) electrons. The summed E-state index contributed by atoms with van der Waals surface area (Å²) in [5.74, 6) is 1.19. The van der Waals surface area contributed by atoms with Crippen molar-refractivity contribution in [2.75, 3.05) is 19.7 Å². The standard InChI is InChI=1S/C14H24N4O2/c1-2-3-6-11(15)14-16-13(17-20-14)12-8-18-7-4-5-10(18)9-19-12/h10-12H,2-9,15H2,1H3/t10?,11-,12?/m0/s1. The van der Waals surface area contributed by atoms with Crippen LogP contribution in [0.4, 0.5) is 0 Å².